The van der Waals surface area contributed by atoms with Gasteiger partial charge in [-0.25, -0.2) is 9.97 Å². The molecule has 18 heavy (non-hydrogen) atoms. The largest absolute Gasteiger partial charge is 0.414 e. The highest BCUT2D eigenvalue weighted by Crippen LogP contribution is 2.30. The molecule has 96 valence electrons. The number of rotatable bonds is 2. The number of imidazole rings is 1. The minimum absolute atomic E-state index is 0.0493. The average molecular weight is 249 g/mol. The summed E-state index contributed by atoms with van der Waals surface area (Å²) in [5.74, 6) is 0.213. The van der Waals surface area contributed by atoms with E-state index in [9.17, 15) is 0 Å². The molecule has 0 aromatic carbocycles. The summed E-state index contributed by atoms with van der Waals surface area (Å²) in [6, 6.07) is 0. The Labute approximate surface area is 104 Å². The second-order valence-corrected chi connectivity index (χ2v) is 4.25. The fourth-order valence-electron chi connectivity index (χ4n) is 2.23. The molecule has 1 aliphatic rings. The van der Waals surface area contributed by atoms with Gasteiger partial charge >= 0.3 is 0 Å². The van der Waals surface area contributed by atoms with Crippen molar-refractivity contribution in [3.8, 4) is 0 Å². The van der Waals surface area contributed by atoms with Gasteiger partial charge in [0.15, 0.2) is 0 Å². The van der Waals surface area contributed by atoms with E-state index in [1.54, 1.807) is 13.4 Å². The van der Waals surface area contributed by atoms with Crippen molar-refractivity contribution < 1.29 is 9.57 Å². The second-order valence-electron chi connectivity index (χ2n) is 4.25. The number of aromatic nitrogens is 4. The van der Waals surface area contributed by atoms with E-state index in [2.05, 4.69) is 15.0 Å². The normalized spacial score (nSPS) is 20.2. The third-order valence-corrected chi connectivity index (χ3v) is 3.09. The van der Waals surface area contributed by atoms with E-state index in [0.29, 0.717) is 11.2 Å². The van der Waals surface area contributed by atoms with E-state index in [1.165, 1.54) is 4.73 Å². The molecule has 2 aromatic rings. The highest BCUT2D eigenvalue weighted by atomic mass is 16.6. The van der Waals surface area contributed by atoms with Crippen molar-refractivity contribution in [3.63, 3.8) is 0 Å². The monoisotopic (exact) mass is 249 g/mol. The first-order valence-electron chi connectivity index (χ1n) is 5.96. The van der Waals surface area contributed by atoms with Gasteiger partial charge in [0.1, 0.15) is 30.8 Å². The fraction of sp³-hybridized carbons (Fsp3) is 0.545. The van der Waals surface area contributed by atoms with Crippen molar-refractivity contribution in [2.45, 2.75) is 25.4 Å². The van der Waals surface area contributed by atoms with Crippen LogP contribution < -0.4 is 10.6 Å². The molecule has 1 fully saturated rings. The Morgan fingerprint density at radius 3 is 3.06 bits per heavy atom. The van der Waals surface area contributed by atoms with Gasteiger partial charge in [-0.05, 0) is 19.3 Å². The van der Waals surface area contributed by atoms with Crippen molar-refractivity contribution in [3.05, 3.63) is 12.0 Å². The average Bonchev–Trinajstić information content (AvgIpc) is 2.81. The Morgan fingerprint density at radius 1 is 1.44 bits per heavy atom. The smallest absolute Gasteiger partial charge is 0.222 e. The van der Waals surface area contributed by atoms with Crippen molar-refractivity contribution in [1.29, 1.82) is 0 Å². The van der Waals surface area contributed by atoms with Crippen LogP contribution in [0.2, 0.25) is 0 Å². The van der Waals surface area contributed by atoms with Crippen LogP contribution in [0.25, 0.3) is 11.2 Å². The van der Waals surface area contributed by atoms with E-state index in [1.807, 2.05) is 0 Å². The van der Waals surface area contributed by atoms with Crippen LogP contribution in [0.4, 0.5) is 5.95 Å². The summed E-state index contributed by atoms with van der Waals surface area (Å²) in [5, 5.41) is 0. The van der Waals surface area contributed by atoms with Crippen molar-refractivity contribution in [1.82, 2.24) is 19.7 Å². The predicted molar refractivity (Wildman–Crippen MR) is 64.8 cm³/mol. The van der Waals surface area contributed by atoms with Crippen LogP contribution >= 0.6 is 0 Å². The van der Waals surface area contributed by atoms with Gasteiger partial charge in [0.05, 0.1) is 0 Å². The maximum absolute atomic E-state index is 5.74. The van der Waals surface area contributed by atoms with Crippen LogP contribution in [0.15, 0.2) is 6.33 Å². The molecule has 7 heteroatoms. The Hall–Kier alpha value is -1.89. The Morgan fingerprint density at radius 2 is 2.33 bits per heavy atom. The number of nitrogens with zero attached hydrogens (tertiary/aromatic N) is 4. The number of hydrogen-bond donors (Lipinski definition) is 1. The van der Waals surface area contributed by atoms with E-state index < -0.39 is 0 Å². The van der Waals surface area contributed by atoms with Crippen LogP contribution in [-0.2, 0) is 4.74 Å². The number of fused-ring (bicyclic) bond motifs is 1. The van der Waals surface area contributed by atoms with Crippen LogP contribution in [0.3, 0.4) is 0 Å². The van der Waals surface area contributed by atoms with Gasteiger partial charge in [-0.3, -0.25) is 0 Å². The summed E-state index contributed by atoms with van der Waals surface area (Å²) in [5.41, 5.74) is 7.77. The van der Waals surface area contributed by atoms with E-state index >= 15 is 0 Å². The zero-order valence-electron chi connectivity index (χ0n) is 10.2. The van der Waals surface area contributed by atoms with Gasteiger partial charge in [-0.2, -0.15) is 9.71 Å². The van der Waals surface area contributed by atoms with Crippen LogP contribution in [-0.4, -0.2) is 33.4 Å². The zero-order valence-corrected chi connectivity index (χ0v) is 10.2. The van der Waals surface area contributed by atoms with E-state index in [-0.39, 0.29) is 12.1 Å². The summed E-state index contributed by atoms with van der Waals surface area (Å²) in [7, 11) is 1.55. The summed E-state index contributed by atoms with van der Waals surface area (Å²) < 4.78 is 7.21. The Bertz CT molecular complexity index is 562. The predicted octanol–water partition coefficient (Wildman–Crippen LogP) is 0.708. The molecule has 1 aliphatic heterocycles. The van der Waals surface area contributed by atoms with E-state index in [0.717, 1.165) is 31.6 Å². The highest BCUT2D eigenvalue weighted by molar-refractivity contribution is 5.74. The topological polar surface area (TPSA) is 88.1 Å². The summed E-state index contributed by atoms with van der Waals surface area (Å²) in [4.78, 5) is 17.8. The third-order valence-electron chi connectivity index (χ3n) is 3.09. The standard InChI is InChI=1S/C11H15N5O2/c1-17-16-6-13-9-8(7-4-2-3-5-18-7)14-11(12)15-10(9)16/h6-7H,2-5H2,1H3,(H2,12,14,15). The van der Waals surface area contributed by atoms with Crippen molar-refractivity contribution >= 4 is 17.1 Å². The lowest BCUT2D eigenvalue weighted by atomic mass is 10.1. The molecule has 1 saturated heterocycles. The lowest BCUT2D eigenvalue weighted by Crippen LogP contribution is -2.15. The molecule has 0 bridgehead atoms. The number of nitrogen functional groups attached to an aromatic ring is 1. The fourth-order valence-corrected chi connectivity index (χ4v) is 2.23. The summed E-state index contributed by atoms with van der Waals surface area (Å²) in [6.07, 6.45) is 4.66. The van der Waals surface area contributed by atoms with Crippen LogP contribution in [0.1, 0.15) is 31.1 Å². The maximum Gasteiger partial charge on any atom is 0.222 e. The van der Waals surface area contributed by atoms with E-state index in [4.69, 9.17) is 15.3 Å². The molecule has 3 heterocycles. The lowest BCUT2D eigenvalue weighted by molar-refractivity contribution is 0.0132. The Kier molecular flexibility index (Phi) is 2.75. The molecule has 0 aliphatic carbocycles. The zero-order chi connectivity index (χ0) is 12.5. The molecule has 0 saturated carbocycles. The minimum atomic E-state index is -0.0493. The molecule has 3 rings (SSSR count). The van der Waals surface area contributed by atoms with Gasteiger partial charge in [0, 0.05) is 6.61 Å². The molecular weight excluding hydrogens is 234 g/mol. The molecular formula is C11H15N5O2. The summed E-state index contributed by atoms with van der Waals surface area (Å²) >= 11 is 0. The van der Waals surface area contributed by atoms with Gasteiger partial charge in [0.2, 0.25) is 11.6 Å². The summed E-state index contributed by atoms with van der Waals surface area (Å²) in [6.45, 7) is 0.751. The second kappa shape index (κ2) is 4.41. The quantitative estimate of drug-likeness (QED) is 0.843. The minimum Gasteiger partial charge on any atom is -0.414 e. The Balaban J connectivity index is 2.12. The number of anilines is 1. The van der Waals surface area contributed by atoms with Gasteiger partial charge in [-0.1, -0.05) is 0 Å². The van der Waals surface area contributed by atoms with Crippen molar-refractivity contribution in [2.24, 2.45) is 0 Å². The highest BCUT2D eigenvalue weighted by Gasteiger charge is 2.23. The van der Waals surface area contributed by atoms with Gasteiger partial charge in [0.25, 0.3) is 0 Å². The van der Waals surface area contributed by atoms with Crippen LogP contribution in [0, 0.1) is 0 Å². The molecule has 1 atom stereocenters. The van der Waals surface area contributed by atoms with Crippen LogP contribution in [0.5, 0.6) is 0 Å². The first kappa shape index (κ1) is 11.2. The number of nitrogens with two attached hydrogens (primary N) is 1. The molecule has 0 radical (unpaired) electrons. The third kappa shape index (κ3) is 1.76. The molecule has 0 spiro atoms. The van der Waals surface area contributed by atoms with Crippen molar-refractivity contribution in [2.75, 3.05) is 19.5 Å². The first-order valence-corrected chi connectivity index (χ1v) is 5.96. The molecule has 2 N–H and O–H groups in total. The molecule has 2 aromatic heterocycles. The molecule has 1 unspecified atom stereocenters. The number of ether oxygens (including phenoxy) is 1. The lowest BCUT2D eigenvalue weighted by Gasteiger charge is -2.22. The SMILES string of the molecule is COn1cnc2c(C3CCCCO3)nc(N)nc21. The van der Waals surface area contributed by atoms with Gasteiger partial charge in [-0.15, -0.1) is 0 Å². The molecule has 7 nitrogen and oxygen atoms in total. The first-order chi connectivity index (χ1) is 8.79. The molecule has 0 amide bonds. The number of hydrogen-bond acceptors (Lipinski definition) is 6. The van der Waals surface area contributed by atoms with Gasteiger partial charge < -0.3 is 15.3 Å². The maximum atomic E-state index is 5.74.